The lowest BCUT2D eigenvalue weighted by molar-refractivity contribution is -0.137. The van der Waals surface area contributed by atoms with E-state index >= 15 is 0 Å². The highest BCUT2D eigenvalue weighted by atomic mass is 19.4. The number of allylic oxidation sites excluding steroid dienone is 1. The molecule has 0 radical (unpaired) electrons. The second-order valence-corrected chi connectivity index (χ2v) is 8.75. The van der Waals surface area contributed by atoms with Crippen LogP contribution in [0.5, 0.6) is 0 Å². The van der Waals surface area contributed by atoms with Crippen molar-refractivity contribution in [3.05, 3.63) is 35.9 Å². The van der Waals surface area contributed by atoms with Gasteiger partial charge in [-0.15, -0.1) is 0 Å². The Morgan fingerprint density at radius 3 is 2.61 bits per heavy atom. The van der Waals surface area contributed by atoms with Crippen molar-refractivity contribution < 1.29 is 18.0 Å². The number of amides is 1. The number of rotatable bonds is 6. The minimum absolute atomic E-state index is 0.0452. The highest BCUT2D eigenvalue weighted by molar-refractivity contribution is 5.92. The normalized spacial score (nSPS) is 22.8. The van der Waals surface area contributed by atoms with Crippen LogP contribution in [0.1, 0.15) is 38.2 Å². The summed E-state index contributed by atoms with van der Waals surface area (Å²) in [7, 11) is 0. The predicted octanol–water partition coefficient (Wildman–Crippen LogP) is 3.93. The van der Waals surface area contributed by atoms with E-state index < -0.39 is 11.7 Å². The van der Waals surface area contributed by atoms with Crippen LogP contribution in [-0.2, 0) is 11.0 Å². The Morgan fingerprint density at radius 1 is 1.26 bits per heavy atom. The summed E-state index contributed by atoms with van der Waals surface area (Å²) < 4.78 is 38.9. The van der Waals surface area contributed by atoms with Crippen molar-refractivity contribution >= 4 is 22.6 Å². The molecule has 9 heteroatoms. The van der Waals surface area contributed by atoms with Gasteiger partial charge in [0.05, 0.1) is 23.7 Å². The number of alkyl halides is 3. The number of nitrogens with one attached hydrogen (secondary N) is 3. The average molecular weight is 435 g/mol. The number of aromatic nitrogens is 2. The summed E-state index contributed by atoms with van der Waals surface area (Å²) in [6, 6.07) is 4.07. The summed E-state index contributed by atoms with van der Waals surface area (Å²) >= 11 is 0. The number of fused-ring (bicyclic) bond motifs is 1. The predicted molar refractivity (Wildman–Crippen MR) is 114 cm³/mol. The minimum Gasteiger partial charge on any atom is -0.359 e. The molecule has 0 bridgehead atoms. The van der Waals surface area contributed by atoms with Crippen molar-refractivity contribution in [2.24, 2.45) is 5.92 Å². The lowest BCUT2D eigenvalue weighted by Gasteiger charge is -2.46. The molecule has 2 aromatic rings. The first kappa shape index (κ1) is 21.7. The SMILES string of the molecule is C=C(C)C1CCC(N2CC(NC(=O)CNc3n[nH]c4ccc(C(F)(F)F)cc34)C2)CC1. The van der Waals surface area contributed by atoms with E-state index in [9.17, 15) is 18.0 Å². The number of nitrogens with zero attached hydrogens (tertiary/aromatic N) is 2. The van der Waals surface area contributed by atoms with Crippen molar-refractivity contribution in [1.29, 1.82) is 0 Å². The van der Waals surface area contributed by atoms with Crippen molar-refractivity contribution in [3.8, 4) is 0 Å². The van der Waals surface area contributed by atoms with Gasteiger partial charge in [-0.2, -0.15) is 18.3 Å². The number of benzene rings is 1. The molecule has 1 saturated carbocycles. The van der Waals surface area contributed by atoms with E-state index in [0.717, 1.165) is 25.2 Å². The maximum atomic E-state index is 13.0. The Labute approximate surface area is 179 Å². The van der Waals surface area contributed by atoms with Gasteiger partial charge >= 0.3 is 6.18 Å². The first-order valence-corrected chi connectivity index (χ1v) is 10.7. The Hall–Kier alpha value is -2.55. The summed E-state index contributed by atoms with van der Waals surface area (Å²) in [6.07, 6.45) is 0.286. The Bertz CT molecular complexity index is 956. The summed E-state index contributed by atoms with van der Waals surface area (Å²) in [5.74, 6) is 0.684. The van der Waals surface area contributed by atoms with Crippen LogP contribution >= 0.6 is 0 Å². The highest BCUT2D eigenvalue weighted by Crippen LogP contribution is 2.34. The lowest BCUT2D eigenvalue weighted by Crippen LogP contribution is -2.63. The maximum absolute atomic E-state index is 13.0. The van der Waals surface area contributed by atoms with E-state index in [1.165, 1.54) is 37.3 Å². The number of likely N-dealkylation sites (tertiary alicyclic amines) is 1. The summed E-state index contributed by atoms with van der Waals surface area (Å²) in [6.45, 7) is 7.82. The molecule has 0 unspecified atom stereocenters. The fraction of sp³-hybridized carbons (Fsp3) is 0.545. The van der Waals surface area contributed by atoms with Gasteiger partial charge in [0.25, 0.3) is 0 Å². The average Bonchev–Trinajstić information content (AvgIpc) is 3.10. The molecule has 1 aliphatic carbocycles. The highest BCUT2D eigenvalue weighted by Gasteiger charge is 2.35. The largest absolute Gasteiger partial charge is 0.416 e. The molecule has 2 aliphatic rings. The van der Waals surface area contributed by atoms with Gasteiger partial charge in [0.15, 0.2) is 5.82 Å². The fourth-order valence-electron chi connectivity index (χ4n) is 4.60. The van der Waals surface area contributed by atoms with Gasteiger partial charge in [0.2, 0.25) is 5.91 Å². The molecule has 1 aromatic carbocycles. The summed E-state index contributed by atoms with van der Waals surface area (Å²) in [5, 5.41) is 12.8. The Morgan fingerprint density at radius 2 is 1.97 bits per heavy atom. The Balaban J connectivity index is 1.23. The number of aromatic amines is 1. The number of carbonyl (C=O) groups excluding carboxylic acids is 1. The first-order valence-electron chi connectivity index (χ1n) is 10.7. The van der Waals surface area contributed by atoms with Crippen molar-refractivity contribution in [2.45, 2.75) is 50.9 Å². The molecule has 2 heterocycles. The van der Waals surface area contributed by atoms with Crippen LogP contribution in [0.2, 0.25) is 0 Å². The van der Waals surface area contributed by atoms with Crippen LogP contribution in [0.3, 0.4) is 0 Å². The van der Waals surface area contributed by atoms with Gasteiger partial charge in [-0.1, -0.05) is 12.2 Å². The third-order valence-electron chi connectivity index (χ3n) is 6.49. The van der Waals surface area contributed by atoms with Gasteiger partial charge in [-0.25, -0.2) is 0 Å². The van der Waals surface area contributed by atoms with Crippen molar-refractivity contribution in [2.75, 3.05) is 25.0 Å². The van der Waals surface area contributed by atoms with Gasteiger partial charge in [0.1, 0.15) is 0 Å². The van der Waals surface area contributed by atoms with Gasteiger partial charge in [-0.3, -0.25) is 14.8 Å². The molecule has 1 aromatic heterocycles. The van der Waals surface area contributed by atoms with Gasteiger partial charge in [-0.05, 0) is 56.7 Å². The minimum atomic E-state index is -4.43. The number of halogens is 3. The number of H-pyrrole nitrogens is 1. The van der Waals surface area contributed by atoms with Gasteiger partial charge in [0, 0.05) is 24.5 Å². The van der Waals surface area contributed by atoms with Crippen LogP contribution in [-0.4, -0.2) is 52.7 Å². The molecule has 4 rings (SSSR count). The van der Waals surface area contributed by atoms with E-state index in [1.807, 2.05) is 0 Å². The van der Waals surface area contributed by atoms with E-state index in [0.29, 0.717) is 22.9 Å². The molecule has 6 nitrogen and oxygen atoms in total. The molecule has 0 spiro atoms. The number of hydrogen-bond donors (Lipinski definition) is 3. The zero-order valence-electron chi connectivity index (χ0n) is 17.6. The lowest BCUT2D eigenvalue weighted by atomic mass is 9.81. The monoisotopic (exact) mass is 435 g/mol. The second kappa shape index (κ2) is 8.53. The molecule has 3 N–H and O–H groups in total. The zero-order chi connectivity index (χ0) is 22.2. The molecule has 31 heavy (non-hydrogen) atoms. The molecular weight excluding hydrogens is 407 g/mol. The topological polar surface area (TPSA) is 73.1 Å². The standard InChI is InChI=1S/C22H28F3N5O/c1-13(2)14-3-6-17(7-4-14)30-11-16(12-30)27-20(31)10-26-21-18-9-15(22(23,24)25)5-8-19(18)28-29-21/h5,8-9,14,16-17H,1,3-4,6-7,10-12H2,2H3,(H,27,31)(H2,26,28,29). The first-order chi connectivity index (χ1) is 14.7. The molecule has 168 valence electrons. The van der Waals surface area contributed by atoms with Crippen LogP contribution in [0, 0.1) is 5.92 Å². The molecule has 0 atom stereocenters. The second-order valence-electron chi connectivity index (χ2n) is 8.75. The van der Waals surface area contributed by atoms with Crippen molar-refractivity contribution in [3.63, 3.8) is 0 Å². The smallest absolute Gasteiger partial charge is 0.359 e. The number of anilines is 1. The van der Waals surface area contributed by atoms with E-state index in [-0.39, 0.29) is 24.3 Å². The summed E-state index contributed by atoms with van der Waals surface area (Å²) in [4.78, 5) is 14.7. The fourth-order valence-corrected chi connectivity index (χ4v) is 4.60. The van der Waals surface area contributed by atoms with Crippen LogP contribution in [0.15, 0.2) is 30.4 Å². The van der Waals surface area contributed by atoms with Gasteiger partial charge < -0.3 is 10.6 Å². The Kier molecular flexibility index (Phi) is 5.96. The maximum Gasteiger partial charge on any atom is 0.416 e. The third kappa shape index (κ3) is 4.87. The molecular formula is C22H28F3N5O. The molecule has 1 amide bonds. The number of carbonyl (C=O) groups is 1. The van der Waals surface area contributed by atoms with Crippen LogP contribution in [0.25, 0.3) is 10.9 Å². The van der Waals surface area contributed by atoms with E-state index in [4.69, 9.17) is 0 Å². The summed E-state index contributed by atoms with van der Waals surface area (Å²) in [5.41, 5.74) is 1.01. The van der Waals surface area contributed by atoms with Crippen LogP contribution < -0.4 is 10.6 Å². The third-order valence-corrected chi connectivity index (χ3v) is 6.49. The van der Waals surface area contributed by atoms with Crippen LogP contribution in [0.4, 0.5) is 19.0 Å². The van der Waals surface area contributed by atoms with E-state index in [2.05, 4.69) is 39.2 Å². The number of hydrogen-bond acceptors (Lipinski definition) is 4. The molecule has 1 saturated heterocycles. The van der Waals surface area contributed by atoms with Crippen molar-refractivity contribution in [1.82, 2.24) is 20.4 Å². The quantitative estimate of drug-likeness (QED) is 0.602. The van der Waals surface area contributed by atoms with E-state index in [1.54, 1.807) is 0 Å². The zero-order valence-corrected chi connectivity index (χ0v) is 17.6. The molecule has 1 aliphatic heterocycles. The molecule has 2 fully saturated rings.